The summed E-state index contributed by atoms with van der Waals surface area (Å²) in [5, 5.41) is 0. The molecule has 0 radical (unpaired) electrons. The van der Waals surface area contributed by atoms with Gasteiger partial charge in [0.15, 0.2) is 0 Å². The van der Waals surface area contributed by atoms with Crippen LogP contribution in [0.3, 0.4) is 0 Å². The van der Waals surface area contributed by atoms with Gasteiger partial charge in [-0.2, -0.15) is 13.2 Å². The molecule has 110 valence electrons. The minimum Gasteiger partial charge on any atom is -0.381 e. The number of halogens is 3. The van der Waals surface area contributed by atoms with Crippen molar-refractivity contribution in [3.8, 4) is 0 Å². The van der Waals surface area contributed by atoms with E-state index in [1.807, 2.05) is 5.48 Å². The van der Waals surface area contributed by atoms with Crippen molar-refractivity contribution in [2.24, 2.45) is 5.92 Å². The molecule has 1 N–H and O–H groups in total. The van der Waals surface area contributed by atoms with Crippen LogP contribution in [0.25, 0.3) is 0 Å². The number of carbonyl (C=O) groups excluding carboxylic acids is 1. The van der Waals surface area contributed by atoms with E-state index in [1.165, 1.54) is 12.1 Å². The molecule has 1 aromatic rings. The number of hydrogen-bond acceptors (Lipinski definition) is 3. The van der Waals surface area contributed by atoms with Gasteiger partial charge in [0.1, 0.15) is 0 Å². The molecular formula is C13H14F3NO3. The van der Waals surface area contributed by atoms with E-state index in [9.17, 15) is 18.0 Å². The molecule has 0 aromatic heterocycles. The zero-order valence-electron chi connectivity index (χ0n) is 10.6. The minimum absolute atomic E-state index is 0.160. The molecule has 1 heterocycles. The second kappa shape index (κ2) is 6.23. The Hall–Kier alpha value is -1.60. The number of nitrogens with one attached hydrogen (secondary N) is 1. The average molecular weight is 289 g/mol. The summed E-state index contributed by atoms with van der Waals surface area (Å²) < 4.78 is 43.3. The van der Waals surface area contributed by atoms with Gasteiger partial charge in [0.25, 0.3) is 5.91 Å². The number of ether oxygens (including phenoxy) is 1. The first-order chi connectivity index (χ1) is 9.48. The number of alkyl halides is 3. The lowest BCUT2D eigenvalue weighted by atomic mass is 10.1. The molecule has 0 aliphatic carbocycles. The van der Waals surface area contributed by atoms with E-state index in [-0.39, 0.29) is 12.5 Å². The van der Waals surface area contributed by atoms with Crippen LogP contribution in [0.15, 0.2) is 24.3 Å². The Labute approximate surface area is 113 Å². The summed E-state index contributed by atoms with van der Waals surface area (Å²) in [7, 11) is 0. The lowest BCUT2D eigenvalue weighted by Crippen LogP contribution is -2.28. The number of rotatable bonds is 4. The van der Waals surface area contributed by atoms with E-state index < -0.39 is 23.2 Å². The maximum Gasteiger partial charge on any atom is 0.417 e. The predicted molar refractivity (Wildman–Crippen MR) is 63.8 cm³/mol. The quantitative estimate of drug-likeness (QED) is 0.866. The maximum absolute atomic E-state index is 12.7. The molecule has 0 bridgehead atoms. The van der Waals surface area contributed by atoms with Crippen LogP contribution in [0.1, 0.15) is 22.3 Å². The SMILES string of the molecule is O=C(NOCC1CCOC1)c1ccccc1C(F)(F)F. The van der Waals surface area contributed by atoms with Crippen LogP contribution < -0.4 is 5.48 Å². The molecule has 1 unspecified atom stereocenters. The first-order valence-corrected chi connectivity index (χ1v) is 6.14. The topological polar surface area (TPSA) is 47.6 Å². The van der Waals surface area contributed by atoms with Gasteiger partial charge in [-0.15, -0.1) is 0 Å². The molecule has 4 nitrogen and oxygen atoms in total. The summed E-state index contributed by atoms with van der Waals surface area (Å²) in [5.41, 5.74) is 0.607. The van der Waals surface area contributed by atoms with Crippen molar-refractivity contribution in [2.75, 3.05) is 19.8 Å². The van der Waals surface area contributed by atoms with E-state index in [2.05, 4.69) is 0 Å². The predicted octanol–water partition coefficient (Wildman–Crippen LogP) is 2.40. The average Bonchev–Trinajstić information content (AvgIpc) is 2.91. The van der Waals surface area contributed by atoms with Crippen molar-refractivity contribution in [3.05, 3.63) is 35.4 Å². The number of carbonyl (C=O) groups is 1. The fraction of sp³-hybridized carbons (Fsp3) is 0.462. The molecule has 1 atom stereocenters. The van der Waals surface area contributed by atoms with Gasteiger partial charge in [-0.05, 0) is 18.6 Å². The Morgan fingerprint density at radius 2 is 2.15 bits per heavy atom. The van der Waals surface area contributed by atoms with Gasteiger partial charge >= 0.3 is 6.18 Å². The Balaban J connectivity index is 1.95. The molecule has 20 heavy (non-hydrogen) atoms. The number of hydroxylamine groups is 1. The summed E-state index contributed by atoms with van der Waals surface area (Å²) >= 11 is 0. The molecule has 1 fully saturated rings. The smallest absolute Gasteiger partial charge is 0.381 e. The molecule has 1 saturated heterocycles. The highest BCUT2D eigenvalue weighted by atomic mass is 19.4. The van der Waals surface area contributed by atoms with Gasteiger partial charge in [0, 0.05) is 12.5 Å². The third-order valence-corrected chi connectivity index (χ3v) is 2.98. The van der Waals surface area contributed by atoms with E-state index in [4.69, 9.17) is 9.57 Å². The second-order valence-electron chi connectivity index (χ2n) is 4.52. The van der Waals surface area contributed by atoms with Crippen molar-refractivity contribution < 1.29 is 27.5 Å². The zero-order chi connectivity index (χ0) is 14.6. The van der Waals surface area contributed by atoms with Crippen molar-refractivity contribution in [1.82, 2.24) is 5.48 Å². The van der Waals surface area contributed by atoms with Crippen LogP contribution in [0.5, 0.6) is 0 Å². The van der Waals surface area contributed by atoms with Crippen molar-refractivity contribution in [3.63, 3.8) is 0 Å². The fourth-order valence-corrected chi connectivity index (χ4v) is 1.92. The van der Waals surface area contributed by atoms with Crippen LogP contribution >= 0.6 is 0 Å². The van der Waals surface area contributed by atoms with Gasteiger partial charge in [-0.3, -0.25) is 9.63 Å². The van der Waals surface area contributed by atoms with Crippen LogP contribution in [-0.2, 0) is 15.8 Å². The number of benzene rings is 1. The normalized spacial score (nSPS) is 19.1. The van der Waals surface area contributed by atoms with Crippen molar-refractivity contribution >= 4 is 5.91 Å². The monoisotopic (exact) mass is 289 g/mol. The fourth-order valence-electron chi connectivity index (χ4n) is 1.92. The number of hydrogen-bond donors (Lipinski definition) is 1. The van der Waals surface area contributed by atoms with E-state index in [0.717, 1.165) is 18.6 Å². The summed E-state index contributed by atoms with van der Waals surface area (Å²) in [6.45, 7) is 1.40. The molecule has 2 rings (SSSR count). The van der Waals surface area contributed by atoms with Gasteiger partial charge in [-0.1, -0.05) is 12.1 Å². The van der Waals surface area contributed by atoms with Crippen LogP contribution in [-0.4, -0.2) is 25.7 Å². The van der Waals surface area contributed by atoms with Crippen LogP contribution in [0, 0.1) is 5.92 Å². The Morgan fingerprint density at radius 1 is 1.40 bits per heavy atom. The molecular weight excluding hydrogens is 275 g/mol. The Morgan fingerprint density at radius 3 is 2.80 bits per heavy atom. The molecule has 1 aliphatic heterocycles. The van der Waals surface area contributed by atoms with Gasteiger partial charge in [0.2, 0.25) is 0 Å². The second-order valence-corrected chi connectivity index (χ2v) is 4.52. The zero-order valence-corrected chi connectivity index (χ0v) is 10.6. The highest BCUT2D eigenvalue weighted by Crippen LogP contribution is 2.31. The van der Waals surface area contributed by atoms with E-state index >= 15 is 0 Å². The highest BCUT2D eigenvalue weighted by molar-refractivity contribution is 5.95. The lowest BCUT2D eigenvalue weighted by molar-refractivity contribution is -0.138. The standard InChI is InChI=1S/C13H14F3NO3/c14-13(15,16)11-4-2-1-3-10(11)12(18)17-20-8-9-5-6-19-7-9/h1-4,9H,5-8H2,(H,17,18). The minimum atomic E-state index is -4.58. The van der Waals surface area contributed by atoms with Crippen molar-refractivity contribution in [1.29, 1.82) is 0 Å². The van der Waals surface area contributed by atoms with E-state index in [1.54, 1.807) is 0 Å². The van der Waals surface area contributed by atoms with Crippen LogP contribution in [0.2, 0.25) is 0 Å². The maximum atomic E-state index is 12.7. The molecule has 7 heteroatoms. The summed E-state index contributed by atoms with van der Waals surface area (Å²) in [6.07, 6.45) is -3.76. The summed E-state index contributed by atoms with van der Waals surface area (Å²) in [4.78, 5) is 16.7. The first-order valence-electron chi connectivity index (χ1n) is 6.14. The van der Waals surface area contributed by atoms with Gasteiger partial charge < -0.3 is 4.74 Å². The molecule has 0 saturated carbocycles. The lowest BCUT2D eigenvalue weighted by Gasteiger charge is -2.13. The Kier molecular flexibility index (Phi) is 4.61. The molecule has 1 aliphatic rings. The number of amides is 1. The first kappa shape index (κ1) is 14.8. The van der Waals surface area contributed by atoms with Gasteiger partial charge in [0.05, 0.1) is 24.3 Å². The Bertz CT molecular complexity index is 470. The van der Waals surface area contributed by atoms with Crippen molar-refractivity contribution in [2.45, 2.75) is 12.6 Å². The largest absolute Gasteiger partial charge is 0.417 e. The third kappa shape index (κ3) is 3.71. The summed E-state index contributed by atoms with van der Waals surface area (Å²) in [6, 6.07) is 4.57. The molecule has 1 aromatic carbocycles. The summed E-state index contributed by atoms with van der Waals surface area (Å²) in [5.74, 6) is -0.745. The molecule has 0 spiro atoms. The van der Waals surface area contributed by atoms with Crippen LogP contribution in [0.4, 0.5) is 13.2 Å². The van der Waals surface area contributed by atoms with E-state index in [0.29, 0.717) is 13.2 Å². The highest BCUT2D eigenvalue weighted by Gasteiger charge is 2.34. The van der Waals surface area contributed by atoms with Gasteiger partial charge in [-0.25, -0.2) is 5.48 Å². The molecule has 1 amide bonds. The third-order valence-electron chi connectivity index (χ3n) is 2.98.